The van der Waals surface area contributed by atoms with E-state index in [9.17, 15) is 4.79 Å². The van der Waals surface area contributed by atoms with Gasteiger partial charge in [0.25, 0.3) is 0 Å². The number of aryl methyl sites for hydroxylation is 1. The summed E-state index contributed by atoms with van der Waals surface area (Å²) in [5.41, 5.74) is 1.60. The van der Waals surface area contributed by atoms with E-state index in [1.54, 1.807) is 18.2 Å². The molecule has 0 unspecified atom stereocenters. The third-order valence-electron chi connectivity index (χ3n) is 2.26. The number of carbonyl (C=O) groups excluding carboxylic acids is 1. The molecule has 1 aromatic carbocycles. The molecule has 1 nitrogen and oxygen atoms in total. The average Bonchev–Trinajstić information content (AvgIpc) is 2.62. The van der Waals surface area contributed by atoms with Crippen LogP contribution < -0.4 is 0 Å². The lowest BCUT2D eigenvalue weighted by Gasteiger charge is -2.00. The Morgan fingerprint density at radius 1 is 1.24 bits per heavy atom. The molecule has 0 aliphatic carbocycles. The number of benzene rings is 1. The average molecular weight is 350 g/mol. The summed E-state index contributed by atoms with van der Waals surface area (Å²) in [6, 6.07) is 6.76. The van der Waals surface area contributed by atoms with Crippen LogP contribution >= 0.6 is 50.5 Å². The lowest BCUT2D eigenvalue weighted by molar-refractivity contribution is 0.104. The van der Waals surface area contributed by atoms with Crippen LogP contribution in [0.5, 0.6) is 0 Å². The van der Waals surface area contributed by atoms with Gasteiger partial charge in [0, 0.05) is 5.56 Å². The molecule has 0 atom stereocenters. The summed E-state index contributed by atoms with van der Waals surface area (Å²) in [4.78, 5) is 12.9. The molecule has 5 heteroatoms. The van der Waals surface area contributed by atoms with Gasteiger partial charge in [0.15, 0.2) is 0 Å². The molecule has 0 saturated heterocycles. The highest BCUT2D eigenvalue weighted by Crippen LogP contribution is 2.30. The fourth-order valence-electron chi connectivity index (χ4n) is 1.35. The van der Waals surface area contributed by atoms with Gasteiger partial charge in [-0.1, -0.05) is 23.2 Å². The number of hydrogen-bond acceptors (Lipinski definition) is 2. The molecular formula is C12H7BrCl2OS. The molecule has 0 saturated carbocycles. The quantitative estimate of drug-likeness (QED) is 0.667. The van der Waals surface area contributed by atoms with E-state index in [1.807, 2.05) is 13.0 Å². The van der Waals surface area contributed by atoms with Crippen LogP contribution in [-0.2, 0) is 0 Å². The molecular weight excluding hydrogens is 343 g/mol. The molecule has 0 N–H and O–H groups in total. The fourth-order valence-corrected chi connectivity index (χ4v) is 3.15. The van der Waals surface area contributed by atoms with Gasteiger partial charge in [0.05, 0.1) is 18.7 Å². The second-order valence-corrected chi connectivity index (χ2v) is 6.71. The Balaban J connectivity index is 2.40. The summed E-state index contributed by atoms with van der Waals surface area (Å²) in [6.07, 6.45) is 0. The standard InChI is InChI=1S/C12H7BrCl2OS/c1-6-4-10(17-12(6)13)11(16)7-2-3-8(14)9(15)5-7/h2-5H,1H3. The second kappa shape index (κ2) is 5.11. The van der Waals surface area contributed by atoms with E-state index >= 15 is 0 Å². The van der Waals surface area contributed by atoms with Crippen molar-refractivity contribution in [3.63, 3.8) is 0 Å². The van der Waals surface area contributed by atoms with Crippen molar-refractivity contribution in [1.82, 2.24) is 0 Å². The maximum absolute atomic E-state index is 12.2. The van der Waals surface area contributed by atoms with Gasteiger partial charge in [-0.25, -0.2) is 0 Å². The first-order chi connectivity index (χ1) is 7.99. The van der Waals surface area contributed by atoms with Crippen molar-refractivity contribution in [3.05, 3.63) is 54.1 Å². The molecule has 2 rings (SSSR count). The number of carbonyl (C=O) groups is 1. The molecule has 0 spiro atoms. The van der Waals surface area contributed by atoms with Gasteiger partial charge in [0.2, 0.25) is 5.78 Å². The molecule has 0 amide bonds. The predicted octanol–water partition coefficient (Wildman–Crippen LogP) is 5.36. The van der Waals surface area contributed by atoms with Crippen molar-refractivity contribution in [3.8, 4) is 0 Å². The van der Waals surface area contributed by atoms with Gasteiger partial charge in [-0.2, -0.15) is 0 Å². The van der Waals surface area contributed by atoms with Crippen LogP contribution in [0.4, 0.5) is 0 Å². The van der Waals surface area contributed by atoms with Crippen molar-refractivity contribution < 1.29 is 4.79 Å². The summed E-state index contributed by atoms with van der Waals surface area (Å²) in [5, 5.41) is 0.844. The van der Waals surface area contributed by atoms with Crippen molar-refractivity contribution in [2.45, 2.75) is 6.92 Å². The first-order valence-electron chi connectivity index (χ1n) is 4.74. The van der Waals surface area contributed by atoms with Gasteiger partial charge >= 0.3 is 0 Å². The van der Waals surface area contributed by atoms with Gasteiger partial charge < -0.3 is 0 Å². The van der Waals surface area contributed by atoms with Crippen LogP contribution in [0.25, 0.3) is 0 Å². The lowest BCUT2D eigenvalue weighted by Crippen LogP contribution is -1.98. The molecule has 0 radical (unpaired) electrons. The predicted molar refractivity (Wildman–Crippen MR) is 76.7 cm³/mol. The van der Waals surface area contributed by atoms with Crippen molar-refractivity contribution >= 4 is 56.3 Å². The van der Waals surface area contributed by atoms with Crippen molar-refractivity contribution in [2.75, 3.05) is 0 Å². The molecule has 17 heavy (non-hydrogen) atoms. The van der Waals surface area contributed by atoms with E-state index in [1.165, 1.54) is 11.3 Å². The fraction of sp³-hybridized carbons (Fsp3) is 0.0833. The van der Waals surface area contributed by atoms with Crippen molar-refractivity contribution in [2.24, 2.45) is 0 Å². The SMILES string of the molecule is Cc1cc(C(=O)c2ccc(Cl)c(Cl)c2)sc1Br. The molecule has 0 aliphatic heterocycles. The maximum atomic E-state index is 12.2. The Bertz CT molecular complexity index is 573. The van der Waals surface area contributed by atoms with E-state index in [4.69, 9.17) is 23.2 Å². The van der Waals surface area contributed by atoms with Crippen LogP contribution in [0.2, 0.25) is 10.0 Å². The second-order valence-electron chi connectivity index (χ2n) is 3.53. The van der Waals surface area contributed by atoms with Gasteiger partial charge in [-0.15, -0.1) is 11.3 Å². The number of halogens is 3. The van der Waals surface area contributed by atoms with Crippen LogP contribution in [0.15, 0.2) is 28.1 Å². The van der Waals surface area contributed by atoms with E-state index in [2.05, 4.69) is 15.9 Å². The first-order valence-corrected chi connectivity index (χ1v) is 7.11. The summed E-state index contributed by atoms with van der Waals surface area (Å²) in [6.45, 7) is 1.95. The zero-order chi connectivity index (χ0) is 12.6. The Morgan fingerprint density at radius 2 is 1.94 bits per heavy atom. The van der Waals surface area contributed by atoms with Gasteiger partial charge in [-0.3, -0.25) is 4.79 Å². The molecule has 1 heterocycles. The number of ketones is 1. The van der Waals surface area contributed by atoms with Crippen LogP contribution in [0.1, 0.15) is 20.8 Å². The third-order valence-corrected chi connectivity index (χ3v) is 5.14. The molecule has 0 fully saturated rings. The zero-order valence-corrected chi connectivity index (χ0v) is 12.7. The lowest BCUT2D eigenvalue weighted by atomic mass is 10.1. The number of rotatable bonds is 2. The largest absolute Gasteiger partial charge is 0.288 e. The monoisotopic (exact) mass is 348 g/mol. The Labute approximate surface area is 121 Å². The Morgan fingerprint density at radius 3 is 2.47 bits per heavy atom. The number of hydrogen-bond donors (Lipinski definition) is 0. The summed E-state index contributed by atoms with van der Waals surface area (Å²) >= 11 is 16.5. The Kier molecular flexibility index (Phi) is 3.93. The Hall–Kier alpha value is -0.350. The smallest absolute Gasteiger partial charge is 0.203 e. The minimum absolute atomic E-state index is 0.0395. The minimum Gasteiger partial charge on any atom is -0.288 e. The van der Waals surface area contributed by atoms with Crippen LogP contribution in [-0.4, -0.2) is 5.78 Å². The summed E-state index contributed by atoms with van der Waals surface area (Å²) < 4.78 is 0.973. The summed E-state index contributed by atoms with van der Waals surface area (Å²) in [7, 11) is 0. The van der Waals surface area contributed by atoms with Gasteiger partial charge in [-0.05, 0) is 52.7 Å². The normalized spacial score (nSPS) is 10.6. The van der Waals surface area contributed by atoms with Crippen LogP contribution in [0, 0.1) is 6.92 Å². The number of thiophene rings is 1. The molecule has 2 aromatic rings. The highest BCUT2D eigenvalue weighted by atomic mass is 79.9. The van der Waals surface area contributed by atoms with Crippen molar-refractivity contribution in [1.29, 1.82) is 0 Å². The molecule has 0 aliphatic rings. The highest BCUT2D eigenvalue weighted by Gasteiger charge is 2.14. The van der Waals surface area contributed by atoms with E-state index in [0.717, 1.165) is 9.35 Å². The van der Waals surface area contributed by atoms with E-state index in [0.29, 0.717) is 20.5 Å². The first kappa shape index (κ1) is 13.1. The van der Waals surface area contributed by atoms with E-state index < -0.39 is 0 Å². The highest BCUT2D eigenvalue weighted by molar-refractivity contribution is 9.11. The van der Waals surface area contributed by atoms with Crippen LogP contribution in [0.3, 0.4) is 0 Å². The molecule has 0 bridgehead atoms. The zero-order valence-electron chi connectivity index (χ0n) is 8.76. The minimum atomic E-state index is -0.0395. The summed E-state index contributed by atoms with van der Waals surface area (Å²) in [5.74, 6) is -0.0395. The molecule has 88 valence electrons. The topological polar surface area (TPSA) is 17.1 Å². The van der Waals surface area contributed by atoms with E-state index in [-0.39, 0.29) is 5.78 Å². The van der Waals surface area contributed by atoms with Gasteiger partial charge in [0.1, 0.15) is 0 Å². The maximum Gasteiger partial charge on any atom is 0.203 e. The molecule has 1 aromatic heterocycles. The third kappa shape index (κ3) is 2.74.